The molecule has 1 atom stereocenters. The Bertz CT molecular complexity index is 1260. The average molecular weight is 586 g/mol. The minimum atomic E-state index is -3.70. The van der Waals surface area contributed by atoms with Crippen LogP contribution in [0.5, 0.6) is 0 Å². The van der Waals surface area contributed by atoms with Crippen molar-refractivity contribution in [1.82, 2.24) is 13.5 Å². The van der Waals surface area contributed by atoms with Crippen LogP contribution in [0.1, 0.15) is 12.8 Å². The van der Waals surface area contributed by atoms with Gasteiger partial charge in [-0.15, -0.1) is 0 Å². The molecule has 0 bridgehead atoms. The number of nitrogens with one attached hydrogen (secondary N) is 1. The van der Waals surface area contributed by atoms with Gasteiger partial charge < -0.3 is 10.2 Å². The summed E-state index contributed by atoms with van der Waals surface area (Å²) in [6, 6.07) is 12.6. The first kappa shape index (κ1) is 26.2. The number of benzene rings is 2. The van der Waals surface area contributed by atoms with E-state index in [1.807, 2.05) is 7.05 Å². The van der Waals surface area contributed by atoms with E-state index in [9.17, 15) is 21.6 Å². The number of piperazine rings is 1. The van der Waals surface area contributed by atoms with Gasteiger partial charge in [0.15, 0.2) is 0 Å². The largest absolute Gasteiger partial charge is 0.326 e. The van der Waals surface area contributed by atoms with Crippen molar-refractivity contribution >= 4 is 47.6 Å². The Labute approximate surface area is 215 Å². The van der Waals surface area contributed by atoms with E-state index in [0.717, 1.165) is 4.47 Å². The molecule has 190 valence electrons. The fourth-order valence-electron chi connectivity index (χ4n) is 4.26. The van der Waals surface area contributed by atoms with Crippen LogP contribution in [0.15, 0.2) is 62.8 Å². The Hall–Kier alpha value is -1.83. The molecule has 9 nitrogen and oxygen atoms in total. The van der Waals surface area contributed by atoms with Crippen molar-refractivity contribution in [2.45, 2.75) is 22.6 Å². The monoisotopic (exact) mass is 584 g/mol. The van der Waals surface area contributed by atoms with Gasteiger partial charge in [-0.05, 0) is 68.4 Å². The molecule has 2 aromatic rings. The zero-order valence-corrected chi connectivity index (χ0v) is 22.6. The Morgan fingerprint density at radius 3 is 1.97 bits per heavy atom. The molecule has 2 saturated heterocycles. The van der Waals surface area contributed by atoms with Crippen molar-refractivity contribution in [2.75, 3.05) is 51.6 Å². The molecule has 35 heavy (non-hydrogen) atoms. The molecule has 1 N–H and O–H groups in total. The number of sulfonamides is 2. The molecule has 0 spiro atoms. The van der Waals surface area contributed by atoms with Crippen LogP contribution < -0.4 is 5.32 Å². The number of nitrogens with zero attached hydrogens (tertiary/aromatic N) is 3. The lowest BCUT2D eigenvalue weighted by Gasteiger charge is -2.31. The second-order valence-electron chi connectivity index (χ2n) is 8.88. The van der Waals surface area contributed by atoms with Gasteiger partial charge in [0.1, 0.15) is 0 Å². The molecule has 2 fully saturated rings. The fourth-order valence-corrected chi connectivity index (χ4v) is 7.47. The predicted octanol–water partition coefficient (Wildman–Crippen LogP) is 2.42. The Morgan fingerprint density at radius 1 is 0.829 bits per heavy atom. The van der Waals surface area contributed by atoms with Crippen molar-refractivity contribution in [2.24, 2.45) is 5.92 Å². The van der Waals surface area contributed by atoms with Crippen molar-refractivity contribution < 1.29 is 21.6 Å². The maximum Gasteiger partial charge on any atom is 0.243 e. The first-order chi connectivity index (χ1) is 16.6. The normalized spacial score (nSPS) is 21.0. The number of likely N-dealkylation sites (N-methyl/N-ethyl adjacent to an activating group) is 1. The fraction of sp³-hybridized carbons (Fsp3) is 0.435. The second kappa shape index (κ2) is 10.7. The van der Waals surface area contributed by atoms with E-state index in [0.29, 0.717) is 51.3 Å². The third kappa shape index (κ3) is 5.95. The molecule has 0 aromatic heterocycles. The van der Waals surface area contributed by atoms with E-state index in [1.54, 1.807) is 36.4 Å². The van der Waals surface area contributed by atoms with Crippen LogP contribution in [0.3, 0.4) is 0 Å². The molecule has 2 heterocycles. The van der Waals surface area contributed by atoms with Gasteiger partial charge in [0, 0.05) is 49.4 Å². The summed E-state index contributed by atoms with van der Waals surface area (Å²) in [6.07, 6.45) is 1.16. The van der Waals surface area contributed by atoms with Crippen molar-refractivity contribution in [1.29, 1.82) is 0 Å². The summed E-state index contributed by atoms with van der Waals surface area (Å²) < 4.78 is 55.5. The third-order valence-electron chi connectivity index (χ3n) is 6.43. The Kier molecular flexibility index (Phi) is 7.99. The molecule has 12 heteroatoms. The lowest BCUT2D eigenvalue weighted by molar-refractivity contribution is -0.120. The average Bonchev–Trinajstić information content (AvgIpc) is 2.85. The lowest BCUT2D eigenvalue weighted by Crippen LogP contribution is -2.47. The van der Waals surface area contributed by atoms with Crippen LogP contribution >= 0.6 is 15.9 Å². The number of carbonyl (C=O) groups is 1. The van der Waals surface area contributed by atoms with Gasteiger partial charge in [-0.25, -0.2) is 16.8 Å². The molecule has 0 unspecified atom stereocenters. The van der Waals surface area contributed by atoms with Crippen molar-refractivity contribution in [3.63, 3.8) is 0 Å². The van der Waals surface area contributed by atoms with Crippen molar-refractivity contribution in [3.05, 3.63) is 53.0 Å². The molecule has 2 aliphatic heterocycles. The van der Waals surface area contributed by atoms with Gasteiger partial charge in [0.2, 0.25) is 26.0 Å². The number of anilines is 1. The number of carbonyl (C=O) groups excluding carboxylic acids is 1. The number of halogens is 1. The van der Waals surface area contributed by atoms with Gasteiger partial charge >= 0.3 is 0 Å². The van der Waals surface area contributed by atoms with Gasteiger partial charge in [-0.1, -0.05) is 15.9 Å². The first-order valence-corrected chi connectivity index (χ1v) is 15.1. The molecule has 2 aromatic carbocycles. The van der Waals surface area contributed by atoms with Crippen LogP contribution in [0.4, 0.5) is 5.69 Å². The molecule has 1 amide bonds. The molecule has 0 radical (unpaired) electrons. The minimum Gasteiger partial charge on any atom is -0.326 e. The second-order valence-corrected chi connectivity index (χ2v) is 13.7. The summed E-state index contributed by atoms with van der Waals surface area (Å²) in [5.74, 6) is -0.780. The highest BCUT2D eigenvalue weighted by Crippen LogP contribution is 2.26. The smallest absolute Gasteiger partial charge is 0.243 e. The summed E-state index contributed by atoms with van der Waals surface area (Å²) in [5.41, 5.74) is 0.472. The summed E-state index contributed by atoms with van der Waals surface area (Å²) in [7, 11) is -5.32. The summed E-state index contributed by atoms with van der Waals surface area (Å²) in [6.45, 7) is 2.71. The predicted molar refractivity (Wildman–Crippen MR) is 137 cm³/mol. The standard InChI is InChI=1S/C23H29BrN4O5S2/c1-26-13-15-27(16-14-26)34(30,31)22-10-6-20(7-11-22)25-23(29)18-3-2-12-28(17-18)35(32,33)21-8-4-19(24)5-9-21/h4-11,18H,2-3,12-17H2,1H3,(H,25,29)/t18-/m0/s1. The van der Waals surface area contributed by atoms with Crippen LogP contribution in [-0.2, 0) is 24.8 Å². The number of rotatable bonds is 6. The zero-order chi connectivity index (χ0) is 25.2. The lowest BCUT2D eigenvalue weighted by atomic mass is 9.99. The Morgan fingerprint density at radius 2 is 1.37 bits per heavy atom. The SMILES string of the molecule is CN1CCN(S(=O)(=O)c2ccc(NC(=O)[C@H]3CCCN(S(=O)(=O)c4ccc(Br)cc4)C3)cc2)CC1. The van der Waals surface area contributed by atoms with Crippen LogP contribution in [0, 0.1) is 5.92 Å². The van der Waals surface area contributed by atoms with Crippen LogP contribution in [-0.4, -0.2) is 82.6 Å². The van der Waals surface area contributed by atoms with Crippen LogP contribution in [0.25, 0.3) is 0 Å². The molecule has 0 aliphatic carbocycles. The number of hydrogen-bond acceptors (Lipinski definition) is 6. The molecule has 2 aliphatic rings. The number of amides is 1. The zero-order valence-electron chi connectivity index (χ0n) is 19.4. The maximum absolute atomic E-state index is 13.0. The van der Waals surface area contributed by atoms with E-state index < -0.39 is 26.0 Å². The topological polar surface area (TPSA) is 107 Å². The molecule has 0 saturated carbocycles. The van der Waals surface area contributed by atoms with E-state index in [1.165, 1.54) is 20.7 Å². The quantitative estimate of drug-likeness (QED) is 0.559. The van der Waals surface area contributed by atoms with Gasteiger partial charge in [0.05, 0.1) is 15.7 Å². The number of hydrogen-bond donors (Lipinski definition) is 1. The molecule has 4 rings (SSSR count). The van der Waals surface area contributed by atoms with Gasteiger partial charge in [0.25, 0.3) is 0 Å². The van der Waals surface area contributed by atoms with Gasteiger partial charge in [-0.2, -0.15) is 8.61 Å². The van der Waals surface area contributed by atoms with Crippen molar-refractivity contribution in [3.8, 4) is 0 Å². The summed E-state index contributed by atoms with van der Waals surface area (Å²) in [5, 5.41) is 2.81. The highest BCUT2D eigenvalue weighted by Gasteiger charge is 2.33. The first-order valence-electron chi connectivity index (χ1n) is 11.4. The summed E-state index contributed by atoms with van der Waals surface area (Å²) in [4.78, 5) is 15.4. The highest BCUT2D eigenvalue weighted by molar-refractivity contribution is 9.10. The van der Waals surface area contributed by atoms with E-state index in [-0.39, 0.29) is 22.2 Å². The Balaban J connectivity index is 1.40. The van der Waals surface area contributed by atoms with E-state index in [2.05, 4.69) is 26.1 Å². The summed E-state index contributed by atoms with van der Waals surface area (Å²) >= 11 is 3.31. The van der Waals surface area contributed by atoms with E-state index >= 15 is 0 Å². The van der Waals surface area contributed by atoms with Gasteiger partial charge in [-0.3, -0.25) is 4.79 Å². The van der Waals surface area contributed by atoms with Crippen LogP contribution in [0.2, 0.25) is 0 Å². The van der Waals surface area contributed by atoms with E-state index in [4.69, 9.17) is 0 Å². The maximum atomic E-state index is 13.0. The minimum absolute atomic E-state index is 0.0973. The highest BCUT2D eigenvalue weighted by atomic mass is 79.9. The number of piperidine rings is 1. The molecular weight excluding hydrogens is 556 g/mol. The molecular formula is C23H29BrN4O5S2. The third-order valence-corrected chi connectivity index (χ3v) is 10.7.